The molecule has 176 valence electrons. The van der Waals surface area contributed by atoms with E-state index < -0.39 is 15.1 Å². The van der Waals surface area contributed by atoms with Crippen LogP contribution in [0.25, 0.3) is 5.43 Å². The maximum absolute atomic E-state index is 10.7. The van der Waals surface area contributed by atoms with E-state index in [1.54, 1.807) is 0 Å². The van der Waals surface area contributed by atoms with E-state index in [-0.39, 0.29) is 0 Å². The molecule has 0 aliphatic heterocycles. The summed E-state index contributed by atoms with van der Waals surface area (Å²) < 4.78 is 59.8. The van der Waals surface area contributed by atoms with E-state index in [2.05, 4.69) is 112 Å². The summed E-state index contributed by atoms with van der Waals surface area (Å²) in [6, 6.07) is 32.7. The molecule has 0 atom stereocenters. The van der Waals surface area contributed by atoms with E-state index in [4.69, 9.17) is 5.43 Å². The Hall–Kier alpha value is -1.98. The molecule has 2 nitrogen and oxygen atoms in total. The molecule has 3 aromatic carbocycles. The topological polar surface area (TPSA) is 14.1 Å². The Morgan fingerprint density at radius 1 is 0.594 bits per heavy atom. The molecule has 0 N–H and O–H groups in total. The van der Waals surface area contributed by atoms with Gasteiger partial charge in [0.25, 0.3) is 0 Å². The SMILES string of the molecule is C[N+](C)(C)[N-]C[P+](c1ccccc1)(c1ccccc1)c1ccccc1.F[P-](F)(F)(F)(F)F. The van der Waals surface area contributed by atoms with Crippen LogP contribution in [0.1, 0.15) is 0 Å². The number of rotatable bonds is 6. The van der Waals surface area contributed by atoms with E-state index in [0.717, 1.165) is 6.29 Å². The number of quaternary nitrogens is 1. The zero-order valence-corrected chi connectivity index (χ0v) is 19.7. The van der Waals surface area contributed by atoms with Crippen LogP contribution in [0.5, 0.6) is 0 Å². The van der Waals surface area contributed by atoms with Crippen molar-refractivity contribution < 1.29 is 29.8 Å². The molecule has 10 heteroatoms. The van der Waals surface area contributed by atoms with Crippen LogP contribution in [0.3, 0.4) is 0 Å². The van der Waals surface area contributed by atoms with Crippen LogP contribution in [-0.4, -0.2) is 32.0 Å². The van der Waals surface area contributed by atoms with Crippen molar-refractivity contribution in [1.82, 2.24) is 0 Å². The minimum atomic E-state index is -10.7. The fraction of sp³-hybridized carbons (Fsp3) is 0.182. The molecule has 32 heavy (non-hydrogen) atoms. The molecule has 0 bridgehead atoms. The van der Waals surface area contributed by atoms with E-state index in [1.165, 1.54) is 15.9 Å². The van der Waals surface area contributed by atoms with Crippen molar-refractivity contribution in [3.8, 4) is 0 Å². The van der Waals surface area contributed by atoms with Gasteiger partial charge in [0.05, 0.1) is 28.4 Å². The minimum absolute atomic E-state index is 0.605. The van der Waals surface area contributed by atoms with E-state index in [0.29, 0.717) is 4.59 Å². The van der Waals surface area contributed by atoms with E-state index >= 15 is 0 Å². The molecule has 0 amide bonds. The second kappa shape index (κ2) is 8.75. The molecule has 0 aliphatic carbocycles. The van der Waals surface area contributed by atoms with Gasteiger partial charge in [-0.2, -0.15) is 0 Å². The molecule has 0 unspecified atom stereocenters. The van der Waals surface area contributed by atoms with Crippen LogP contribution in [-0.2, 0) is 0 Å². The van der Waals surface area contributed by atoms with Gasteiger partial charge in [-0.05, 0) is 36.4 Å². The number of nitrogens with zero attached hydrogens (tertiary/aromatic N) is 2. The monoisotopic (exact) mass is 494 g/mol. The summed E-state index contributed by atoms with van der Waals surface area (Å²) >= 11 is 0. The van der Waals surface area contributed by atoms with Crippen LogP contribution in [0, 0.1) is 0 Å². The van der Waals surface area contributed by atoms with Gasteiger partial charge >= 0.3 is 33.0 Å². The first-order chi connectivity index (χ1) is 14.5. The molecule has 0 saturated carbocycles. The Morgan fingerprint density at radius 3 is 1.06 bits per heavy atom. The molecule has 3 rings (SSSR count). The predicted molar refractivity (Wildman–Crippen MR) is 125 cm³/mol. The van der Waals surface area contributed by atoms with Gasteiger partial charge in [-0.15, -0.1) is 0 Å². The molecular formula is C22H26F6N2P2. The zero-order valence-electron chi connectivity index (χ0n) is 17.9. The second-order valence-electron chi connectivity index (χ2n) is 8.00. The summed E-state index contributed by atoms with van der Waals surface area (Å²) in [7, 11) is -6.13. The van der Waals surface area contributed by atoms with Crippen LogP contribution >= 0.6 is 15.1 Å². The number of hydrogen-bond acceptors (Lipinski definition) is 0. The van der Waals surface area contributed by atoms with Crippen molar-refractivity contribution in [3.05, 3.63) is 96.4 Å². The summed E-state index contributed by atoms with van der Waals surface area (Å²) in [5.74, 6) is 0. The van der Waals surface area contributed by atoms with Crippen LogP contribution in [0.4, 0.5) is 25.2 Å². The first kappa shape index (κ1) is 26.3. The number of halogens is 6. The van der Waals surface area contributed by atoms with Crippen molar-refractivity contribution in [3.63, 3.8) is 0 Å². The van der Waals surface area contributed by atoms with Crippen molar-refractivity contribution in [2.75, 3.05) is 27.4 Å². The van der Waals surface area contributed by atoms with E-state index in [9.17, 15) is 25.2 Å². The van der Waals surface area contributed by atoms with Gasteiger partial charge < -0.3 is 10.0 Å². The fourth-order valence-corrected chi connectivity index (χ4v) is 7.02. The molecule has 0 fully saturated rings. The average Bonchev–Trinajstić information content (AvgIpc) is 2.68. The van der Waals surface area contributed by atoms with Gasteiger partial charge in [0.2, 0.25) is 0 Å². The Balaban J connectivity index is 0.000000451. The summed E-state index contributed by atoms with van der Waals surface area (Å²) in [4.78, 5) is 0. The predicted octanol–water partition coefficient (Wildman–Crippen LogP) is 7.32. The maximum atomic E-state index is 9.87. The summed E-state index contributed by atoms with van der Waals surface area (Å²) in [6.45, 7) is 0. The van der Waals surface area contributed by atoms with Gasteiger partial charge in [-0.3, -0.25) is 0 Å². The zero-order chi connectivity index (χ0) is 24.2. The molecule has 0 aromatic heterocycles. The first-order valence-electron chi connectivity index (χ1n) is 9.59. The van der Waals surface area contributed by atoms with Gasteiger partial charge in [0, 0.05) is 6.29 Å². The van der Waals surface area contributed by atoms with Gasteiger partial charge in [0.1, 0.15) is 15.9 Å². The molecule has 0 radical (unpaired) electrons. The molecule has 0 aliphatic rings. The van der Waals surface area contributed by atoms with Crippen molar-refractivity contribution in [2.45, 2.75) is 0 Å². The Morgan fingerprint density at radius 2 is 0.844 bits per heavy atom. The van der Waals surface area contributed by atoms with E-state index in [1.807, 2.05) is 0 Å². The third-order valence-corrected chi connectivity index (χ3v) is 8.38. The van der Waals surface area contributed by atoms with Crippen molar-refractivity contribution in [1.29, 1.82) is 0 Å². The summed E-state index contributed by atoms with van der Waals surface area (Å²) in [6.07, 6.45) is 0.800. The van der Waals surface area contributed by atoms with Gasteiger partial charge in [-0.25, -0.2) is 0 Å². The number of hydrogen-bond donors (Lipinski definition) is 0. The Labute approximate surface area is 185 Å². The van der Waals surface area contributed by atoms with Gasteiger partial charge in [-0.1, -0.05) is 54.6 Å². The standard InChI is InChI=1S/C22H26N2P.F6P/c1-24(2,3)23-19-25(20-13-7-4-8-14-20,21-15-9-5-10-16-21)22-17-11-6-12-18-22;1-7(2,3,4,5)6/h4-18H,19H2,1-3H3;/q+1;-1. The number of benzene rings is 3. The molecular weight excluding hydrogens is 468 g/mol. The summed E-state index contributed by atoms with van der Waals surface area (Å²) in [5.41, 5.74) is 5.05. The van der Waals surface area contributed by atoms with Crippen molar-refractivity contribution >= 4 is 31.0 Å². The summed E-state index contributed by atoms with van der Waals surface area (Å²) in [5, 5.41) is 4.14. The quantitative estimate of drug-likeness (QED) is 0.148. The van der Waals surface area contributed by atoms with Crippen LogP contribution < -0.4 is 15.9 Å². The third-order valence-electron chi connectivity index (χ3n) is 4.29. The second-order valence-corrected chi connectivity index (χ2v) is 13.4. The Kier molecular flexibility index (Phi) is 7.19. The fourth-order valence-electron chi connectivity index (χ4n) is 3.02. The molecule has 3 aromatic rings. The first-order valence-corrected chi connectivity index (χ1v) is 13.6. The normalized spacial score (nSPS) is 14.5. The third kappa shape index (κ3) is 9.25. The molecule has 0 spiro atoms. The molecule has 0 saturated heterocycles. The Bertz CT molecular complexity index is 883. The average molecular weight is 494 g/mol. The van der Waals surface area contributed by atoms with Crippen LogP contribution in [0.15, 0.2) is 91.0 Å². The van der Waals surface area contributed by atoms with Crippen LogP contribution in [0.2, 0.25) is 0 Å². The van der Waals surface area contributed by atoms with Crippen molar-refractivity contribution in [2.24, 2.45) is 0 Å². The molecule has 0 heterocycles. The van der Waals surface area contributed by atoms with Gasteiger partial charge in [0.15, 0.2) is 0 Å².